The Morgan fingerprint density at radius 1 is 1.29 bits per heavy atom. The van der Waals surface area contributed by atoms with Crippen molar-refractivity contribution in [1.82, 2.24) is 15.5 Å². The lowest BCUT2D eigenvalue weighted by Gasteiger charge is -2.21. The molecule has 0 aliphatic carbocycles. The topological polar surface area (TPSA) is 51.0 Å². The standard InChI is InChI=1S/C14H15F2N3OS/c15-10-3-9(4-11(16)6-10)5-13-18-14(20-19-13)7-12-8-21-2-1-17-12/h3-4,6,12,17H,1-2,5,7-8H2. The molecule has 2 aromatic rings. The summed E-state index contributed by atoms with van der Waals surface area (Å²) >= 11 is 1.90. The van der Waals surface area contributed by atoms with Crippen LogP contribution < -0.4 is 5.32 Å². The molecule has 1 aliphatic heterocycles. The van der Waals surface area contributed by atoms with Gasteiger partial charge in [0.2, 0.25) is 5.89 Å². The van der Waals surface area contributed by atoms with Crippen LogP contribution in [0.3, 0.4) is 0 Å². The molecule has 1 aromatic carbocycles. The van der Waals surface area contributed by atoms with E-state index in [1.807, 2.05) is 11.8 Å². The van der Waals surface area contributed by atoms with Crippen molar-refractivity contribution < 1.29 is 13.3 Å². The van der Waals surface area contributed by atoms with Gasteiger partial charge in [0.05, 0.1) is 0 Å². The molecule has 0 radical (unpaired) electrons. The van der Waals surface area contributed by atoms with E-state index in [0.717, 1.165) is 24.1 Å². The average Bonchev–Trinajstić information content (AvgIpc) is 2.86. The fraction of sp³-hybridized carbons (Fsp3) is 0.429. The molecule has 1 N–H and O–H groups in total. The smallest absolute Gasteiger partial charge is 0.228 e. The van der Waals surface area contributed by atoms with Gasteiger partial charge in [-0.25, -0.2) is 8.78 Å². The Morgan fingerprint density at radius 3 is 2.81 bits per heavy atom. The SMILES string of the molecule is Fc1cc(F)cc(Cc2noc(CC3CSCCN3)n2)c1. The summed E-state index contributed by atoms with van der Waals surface area (Å²) in [4.78, 5) is 4.29. The van der Waals surface area contributed by atoms with Crippen molar-refractivity contribution >= 4 is 11.8 Å². The van der Waals surface area contributed by atoms with Crippen LogP contribution in [-0.2, 0) is 12.8 Å². The molecule has 0 spiro atoms. The summed E-state index contributed by atoms with van der Waals surface area (Å²) in [6.45, 7) is 0.985. The van der Waals surface area contributed by atoms with Crippen LogP contribution in [0.1, 0.15) is 17.3 Å². The van der Waals surface area contributed by atoms with E-state index in [9.17, 15) is 8.78 Å². The van der Waals surface area contributed by atoms with Crippen molar-refractivity contribution in [2.45, 2.75) is 18.9 Å². The van der Waals surface area contributed by atoms with E-state index < -0.39 is 11.6 Å². The highest BCUT2D eigenvalue weighted by Crippen LogP contribution is 2.14. The molecule has 1 aliphatic rings. The van der Waals surface area contributed by atoms with Crippen LogP contribution in [0.15, 0.2) is 22.7 Å². The number of rotatable bonds is 4. The first kappa shape index (κ1) is 14.5. The zero-order chi connectivity index (χ0) is 14.7. The Morgan fingerprint density at radius 2 is 2.10 bits per heavy atom. The molecule has 0 saturated carbocycles. The van der Waals surface area contributed by atoms with E-state index in [-0.39, 0.29) is 6.42 Å². The van der Waals surface area contributed by atoms with Gasteiger partial charge >= 0.3 is 0 Å². The summed E-state index contributed by atoms with van der Waals surface area (Å²) in [5, 5.41) is 7.26. The van der Waals surface area contributed by atoms with Gasteiger partial charge in [-0.2, -0.15) is 16.7 Å². The quantitative estimate of drug-likeness (QED) is 0.938. The van der Waals surface area contributed by atoms with Crippen molar-refractivity contribution in [2.75, 3.05) is 18.1 Å². The summed E-state index contributed by atoms with van der Waals surface area (Å²) < 4.78 is 31.5. The lowest BCUT2D eigenvalue weighted by molar-refractivity contribution is 0.359. The zero-order valence-electron chi connectivity index (χ0n) is 11.3. The van der Waals surface area contributed by atoms with Gasteiger partial charge in [0.15, 0.2) is 5.82 Å². The second kappa shape index (κ2) is 6.53. The second-order valence-corrected chi connectivity index (χ2v) is 6.14. The summed E-state index contributed by atoms with van der Waals surface area (Å²) in [7, 11) is 0. The van der Waals surface area contributed by atoms with Gasteiger partial charge in [0, 0.05) is 43.0 Å². The zero-order valence-corrected chi connectivity index (χ0v) is 12.1. The fourth-order valence-corrected chi connectivity index (χ4v) is 3.25. The molecule has 1 atom stereocenters. The number of hydrogen-bond donors (Lipinski definition) is 1. The minimum atomic E-state index is -0.600. The Hall–Kier alpha value is -1.47. The minimum Gasteiger partial charge on any atom is -0.339 e. The molecule has 0 bridgehead atoms. The molecular weight excluding hydrogens is 296 g/mol. The van der Waals surface area contributed by atoms with Crippen LogP contribution in [0.2, 0.25) is 0 Å². The van der Waals surface area contributed by atoms with Gasteiger partial charge in [-0.15, -0.1) is 0 Å². The third-order valence-electron chi connectivity index (χ3n) is 3.21. The highest BCUT2D eigenvalue weighted by Gasteiger charge is 2.17. The number of halogens is 2. The second-order valence-electron chi connectivity index (χ2n) is 4.99. The van der Waals surface area contributed by atoms with Gasteiger partial charge in [-0.05, 0) is 17.7 Å². The van der Waals surface area contributed by atoms with Crippen LogP contribution in [0.5, 0.6) is 0 Å². The van der Waals surface area contributed by atoms with E-state index in [0.29, 0.717) is 29.7 Å². The van der Waals surface area contributed by atoms with Gasteiger partial charge in [0.25, 0.3) is 0 Å². The minimum absolute atomic E-state index is 0.255. The molecule has 7 heteroatoms. The third kappa shape index (κ3) is 4.01. The molecule has 1 saturated heterocycles. The van der Waals surface area contributed by atoms with E-state index in [2.05, 4.69) is 15.5 Å². The number of thioether (sulfide) groups is 1. The molecule has 4 nitrogen and oxygen atoms in total. The van der Waals surface area contributed by atoms with Crippen molar-refractivity contribution in [3.63, 3.8) is 0 Å². The molecule has 1 aromatic heterocycles. The Labute approximate surface area is 125 Å². The van der Waals surface area contributed by atoms with Gasteiger partial charge < -0.3 is 9.84 Å². The maximum atomic E-state index is 13.1. The molecule has 3 rings (SSSR count). The van der Waals surface area contributed by atoms with Crippen LogP contribution in [-0.4, -0.2) is 34.2 Å². The highest BCUT2D eigenvalue weighted by atomic mass is 32.2. The molecule has 1 fully saturated rings. The Kier molecular flexibility index (Phi) is 4.50. The van der Waals surface area contributed by atoms with Crippen molar-refractivity contribution in [3.8, 4) is 0 Å². The van der Waals surface area contributed by atoms with E-state index in [1.54, 1.807) is 0 Å². The van der Waals surface area contributed by atoms with E-state index in [1.165, 1.54) is 12.1 Å². The average molecular weight is 311 g/mol. The lowest BCUT2D eigenvalue weighted by Crippen LogP contribution is -2.38. The number of hydrogen-bond acceptors (Lipinski definition) is 5. The summed E-state index contributed by atoms with van der Waals surface area (Å²) in [5.41, 5.74) is 0.492. The maximum absolute atomic E-state index is 13.1. The van der Waals surface area contributed by atoms with Crippen LogP contribution in [0.4, 0.5) is 8.78 Å². The lowest BCUT2D eigenvalue weighted by atomic mass is 10.1. The first-order valence-corrected chi connectivity index (χ1v) is 7.92. The molecule has 1 unspecified atom stereocenters. The van der Waals surface area contributed by atoms with Gasteiger partial charge in [-0.3, -0.25) is 0 Å². The van der Waals surface area contributed by atoms with Crippen LogP contribution >= 0.6 is 11.8 Å². The van der Waals surface area contributed by atoms with Crippen LogP contribution in [0.25, 0.3) is 0 Å². The molecule has 0 amide bonds. The van der Waals surface area contributed by atoms with Gasteiger partial charge in [-0.1, -0.05) is 5.16 Å². The van der Waals surface area contributed by atoms with Crippen molar-refractivity contribution in [2.24, 2.45) is 0 Å². The van der Waals surface area contributed by atoms with Gasteiger partial charge in [0.1, 0.15) is 11.6 Å². The molecular formula is C14H15F2N3OS. The number of nitrogens with one attached hydrogen (secondary N) is 1. The predicted molar refractivity (Wildman–Crippen MR) is 76.3 cm³/mol. The predicted octanol–water partition coefficient (Wildman–Crippen LogP) is 2.19. The number of aromatic nitrogens is 2. The summed E-state index contributed by atoms with van der Waals surface area (Å²) in [6.07, 6.45) is 0.933. The van der Waals surface area contributed by atoms with Crippen molar-refractivity contribution in [1.29, 1.82) is 0 Å². The molecule has 112 valence electrons. The van der Waals surface area contributed by atoms with E-state index in [4.69, 9.17) is 4.52 Å². The summed E-state index contributed by atoms with van der Waals surface area (Å²) in [6, 6.07) is 3.73. The highest BCUT2D eigenvalue weighted by molar-refractivity contribution is 7.99. The number of benzene rings is 1. The largest absolute Gasteiger partial charge is 0.339 e. The number of nitrogens with zero attached hydrogens (tertiary/aromatic N) is 2. The molecule has 2 heterocycles. The first-order chi connectivity index (χ1) is 10.2. The maximum Gasteiger partial charge on any atom is 0.228 e. The normalized spacial score (nSPS) is 18.9. The van der Waals surface area contributed by atoms with E-state index >= 15 is 0 Å². The Bertz CT molecular complexity index is 594. The Balaban J connectivity index is 1.64. The van der Waals surface area contributed by atoms with Crippen molar-refractivity contribution in [3.05, 3.63) is 47.1 Å². The third-order valence-corrected chi connectivity index (χ3v) is 4.35. The van der Waals surface area contributed by atoms with Crippen LogP contribution in [0, 0.1) is 11.6 Å². The monoisotopic (exact) mass is 311 g/mol. The fourth-order valence-electron chi connectivity index (χ4n) is 2.30. The first-order valence-electron chi connectivity index (χ1n) is 6.76. The summed E-state index contributed by atoms with van der Waals surface area (Å²) in [5.74, 6) is 1.94. The molecule has 21 heavy (non-hydrogen) atoms.